The zero-order chi connectivity index (χ0) is 24.1. The smallest absolute Gasteiger partial charge is 0.157 e. The Bertz CT molecular complexity index is 354. The molecular formula is C30H59ClO2. The van der Waals surface area contributed by atoms with E-state index in [9.17, 15) is 0 Å². The predicted octanol–water partition coefficient (Wildman–Crippen LogP) is 10.8. The van der Waals surface area contributed by atoms with E-state index in [4.69, 9.17) is 21.1 Å². The largest absolute Gasteiger partial charge is 0.353 e. The molecule has 0 aliphatic heterocycles. The highest BCUT2D eigenvalue weighted by Crippen LogP contribution is 2.15. The van der Waals surface area contributed by atoms with Gasteiger partial charge in [-0.15, -0.1) is 11.6 Å². The normalized spacial score (nSPS) is 11.9. The van der Waals surface area contributed by atoms with Gasteiger partial charge in [0.15, 0.2) is 6.29 Å². The lowest BCUT2D eigenvalue weighted by Crippen LogP contribution is -2.19. The van der Waals surface area contributed by atoms with Gasteiger partial charge < -0.3 is 9.47 Å². The fourth-order valence-electron chi connectivity index (χ4n) is 4.16. The molecule has 0 radical (unpaired) electrons. The van der Waals surface area contributed by atoms with Crippen molar-refractivity contribution in [3.63, 3.8) is 0 Å². The SMILES string of the molecule is CCCCCCCCOC(CCCCCCCCC/C=C\CCCl)OCCCCCCCC. The van der Waals surface area contributed by atoms with Crippen LogP contribution in [0.4, 0.5) is 0 Å². The Morgan fingerprint density at radius 3 is 1.45 bits per heavy atom. The molecule has 0 aliphatic carbocycles. The summed E-state index contributed by atoms with van der Waals surface area (Å²) in [4.78, 5) is 0. The molecule has 0 heterocycles. The van der Waals surface area contributed by atoms with Gasteiger partial charge in [0, 0.05) is 19.1 Å². The summed E-state index contributed by atoms with van der Waals surface area (Å²) in [7, 11) is 0. The molecular weight excluding hydrogens is 428 g/mol. The Balaban J connectivity index is 3.80. The molecule has 0 aromatic heterocycles. The third-order valence-electron chi connectivity index (χ3n) is 6.36. The number of hydrogen-bond acceptors (Lipinski definition) is 2. The minimum absolute atomic E-state index is 0.0241. The third kappa shape index (κ3) is 28.1. The molecule has 0 fully saturated rings. The Morgan fingerprint density at radius 2 is 0.939 bits per heavy atom. The van der Waals surface area contributed by atoms with Crippen molar-refractivity contribution in [1.29, 1.82) is 0 Å². The molecule has 2 nitrogen and oxygen atoms in total. The molecule has 0 bridgehead atoms. The van der Waals surface area contributed by atoms with E-state index in [0.29, 0.717) is 0 Å². The van der Waals surface area contributed by atoms with Gasteiger partial charge in [-0.2, -0.15) is 0 Å². The summed E-state index contributed by atoms with van der Waals surface area (Å²) >= 11 is 5.68. The maximum absolute atomic E-state index is 6.16. The van der Waals surface area contributed by atoms with E-state index in [2.05, 4.69) is 26.0 Å². The van der Waals surface area contributed by atoms with Crippen molar-refractivity contribution in [1.82, 2.24) is 0 Å². The highest BCUT2D eigenvalue weighted by atomic mass is 35.5. The lowest BCUT2D eigenvalue weighted by atomic mass is 10.1. The third-order valence-corrected chi connectivity index (χ3v) is 6.57. The van der Waals surface area contributed by atoms with Crippen LogP contribution in [-0.2, 0) is 9.47 Å². The van der Waals surface area contributed by atoms with Crippen LogP contribution in [0.2, 0.25) is 0 Å². The summed E-state index contributed by atoms with van der Waals surface area (Å²) in [6, 6.07) is 0. The molecule has 0 saturated carbocycles. The van der Waals surface area contributed by atoms with Gasteiger partial charge in [0.2, 0.25) is 0 Å². The number of allylic oxidation sites excluding steroid dienone is 2. The van der Waals surface area contributed by atoms with Crippen LogP contribution in [0, 0.1) is 0 Å². The fraction of sp³-hybridized carbons (Fsp3) is 0.933. The van der Waals surface area contributed by atoms with E-state index >= 15 is 0 Å². The molecule has 33 heavy (non-hydrogen) atoms. The van der Waals surface area contributed by atoms with Crippen LogP contribution in [0.3, 0.4) is 0 Å². The number of rotatable bonds is 28. The minimum Gasteiger partial charge on any atom is -0.353 e. The molecule has 0 aromatic rings. The maximum Gasteiger partial charge on any atom is 0.157 e. The van der Waals surface area contributed by atoms with Gasteiger partial charge in [-0.25, -0.2) is 0 Å². The highest BCUT2D eigenvalue weighted by Gasteiger charge is 2.09. The first-order chi connectivity index (χ1) is 16.3. The van der Waals surface area contributed by atoms with Gasteiger partial charge in [0.1, 0.15) is 0 Å². The molecule has 0 amide bonds. The topological polar surface area (TPSA) is 18.5 Å². The van der Waals surface area contributed by atoms with E-state index in [1.54, 1.807) is 0 Å². The molecule has 0 unspecified atom stereocenters. The van der Waals surface area contributed by atoms with Gasteiger partial charge >= 0.3 is 0 Å². The second kappa shape index (κ2) is 30.0. The summed E-state index contributed by atoms with van der Waals surface area (Å²) in [5, 5.41) is 0. The van der Waals surface area contributed by atoms with Crippen molar-refractivity contribution < 1.29 is 9.47 Å². The molecule has 3 heteroatoms. The second-order valence-electron chi connectivity index (χ2n) is 9.71. The van der Waals surface area contributed by atoms with Crippen molar-refractivity contribution >= 4 is 11.6 Å². The first-order valence-corrected chi connectivity index (χ1v) is 15.3. The minimum atomic E-state index is 0.0241. The first kappa shape index (κ1) is 33.0. The molecule has 0 spiro atoms. The van der Waals surface area contributed by atoms with Gasteiger partial charge in [0.05, 0.1) is 0 Å². The van der Waals surface area contributed by atoms with Crippen LogP contribution >= 0.6 is 11.6 Å². The van der Waals surface area contributed by atoms with Crippen LogP contribution in [0.25, 0.3) is 0 Å². The quantitative estimate of drug-likeness (QED) is 0.0473. The second-order valence-corrected chi connectivity index (χ2v) is 10.1. The molecule has 198 valence electrons. The standard InChI is InChI=1S/C30H59ClO2/c1-3-5-7-9-20-24-28-32-30(33-29-25-21-10-8-6-4-2)26-22-18-16-14-12-11-13-15-17-19-23-27-31/h17,19,30H,3-16,18,20-29H2,1-2H3/b19-17-. The van der Waals surface area contributed by atoms with Crippen molar-refractivity contribution in [3.8, 4) is 0 Å². The van der Waals surface area contributed by atoms with Crippen molar-refractivity contribution in [2.45, 2.75) is 161 Å². The molecule has 0 rings (SSSR count). The maximum atomic E-state index is 6.16. The number of alkyl halides is 1. The van der Waals surface area contributed by atoms with Crippen molar-refractivity contribution in [3.05, 3.63) is 12.2 Å². The average Bonchev–Trinajstić information content (AvgIpc) is 2.83. The molecule has 0 aromatic carbocycles. The van der Waals surface area contributed by atoms with Crippen LogP contribution in [-0.4, -0.2) is 25.4 Å². The van der Waals surface area contributed by atoms with Gasteiger partial charge in [-0.05, 0) is 44.9 Å². The first-order valence-electron chi connectivity index (χ1n) is 14.8. The average molecular weight is 487 g/mol. The predicted molar refractivity (Wildman–Crippen MR) is 148 cm³/mol. The van der Waals surface area contributed by atoms with E-state index in [-0.39, 0.29) is 6.29 Å². The van der Waals surface area contributed by atoms with Crippen molar-refractivity contribution in [2.24, 2.45) is 0 Å². The van der Waals surface area contributed by atoms with Gasteiger partial charge in [-0.3, -0.25) is 0 Å². The molecule has 0 aliphatic rings. The van der Waals surface area contributed by atoms with Gasteiger partial charge in [-0.1, -0.05) is 122 Å². The number of unbranched alkanes of at least 4 members (excludes halogenated alkanes) is 17. The Morgan fingerprint density at radius 1 is 0.515 bits per heavy atom. The van der Waals surface area contributed by atoms with E-state index < -0.39 is 0 Å². The van der Waals surface area contributed by atoms with Crippen molar-refractivity contribution in [2.75, 3.05) is 19.1 Å². The lowest BCUT2D eigenvalue weighted by molar-refractivity contribution is -0.148. The summed E-state index contributed by atoms with van der Waals surface area (Å²) in [6.07, 6.45) is 32.9. The van der Waals surface area contributed by atoms with E-state index in [1.165, 1.54) is 128 Å². The lowest BCUT2D eigenvalue weighted by Gasteiger charge is -2.19. The van der Waals surface area contributed by atoms with Crippen LogP contribution in [0.1, 0.15) is 155 Å². The fourth-order valence-corrected chi connectivity index (χ4v) is 4.29. The summed E-state index contributed by atoms with van der Waals surface area (Å²) < 4.78 is 12.3. The number of ether oxygens (including phenoxy) is 2. The highest BCUT2D eigenvalue weighted by molar-refractivity contribution is 6.17. The van der Waals surface area contributed by atoms with Crippen LogP contribution in [0.15, 0.2) is 12.2 Å². The Hall–Kier alpha value is -0.0500. The molecule has 0 N–H and O–H groups in total. The monoisotopic (exact) mass is 486 g/mol. The summed E-state index contributed by atoms with van der Waals surface area (Å²) in [6.45, 7) is 6.29. The van der Waals surface area contributed by atoms with E-state index in [0.717, 1.165) is 31.9 Å². The molecule has 0 saturated heterocycles. The van der Waals surface area contributed by atoms with Crippen LogP contribution < -0.4 is 0 Å². The van der Waals surface area contributed by atoms with E-state index in [1.807, 2.05) is 0 Å². The number of hydrogen-bond donors (Lipinski definition) is 0. The Kier molecular flexibility index (Phi) is 29.9. The summed E-state index contributed by atoms with van der Waals surface area (Å²) in [5.74, 6) is 0.742. The summed E-state index contributed by atoms with van der Waals surface area (Å²) in [5.41, 5.74) is 0. The van der Waals surface area contributed by atoms with Gasteiger partial charge in [0.25, 0.3) is 0 Å². The zero-order valence-electron chi connectivity index (χ0n) is 22.6. The zero-order valence-corrected chi connectivity index (χ0v) is 23.4. The molecule has 0 atom stereocenters. The number of halogens is 1. The Labute approximate surface area is 213 Å². The van der Waals surface area contributed by atoms with Crippen LogP contribution in [0.5, 0.6) is 0 Å².